The molecule has 1 amide bonds. The van der Waals surface area contributed by atoms with Crippen molar-refractivity contribution in [3.63, 3.8) is 0 Å². The largest absolute Gasteiger partial charge is 0.481 e. The number of nitrogens with two attached hydrogens (primary N) is 1. The molecule has 0 heterocycles. The van der Waals surface area contributed by atoms with Crippen LogP contribution in [0.3, 0.4) is 0 Å². The summed E-state index contributed by atoms with van der Waals surface area (Å²) in [6, 6.07) is -0.455. The van der Waals surface area contributed by atoms with Crippen molar-refractivity contribution >= 4 is 11.9 Å². The SMILES string of the molecule is CCCC(CCNC(=O)C(N)C(C)CC)CCC(=O)O. The average Bonchev–Trinajstić information content (AvgIpc) is 2.42. The lowest BCUT2D eigenvalue weighted by Crippen LogP contribution is -2.45. The summed E-state index contributed by atoms with van der Waals surface area (Å²) in [4.78, 5) is 22.4. The van der Waals surface area contributed by atoms with Crippen LogP contribution in [-0.4, -0.2) is 29.6 Å². The van der Waals surface area contributed by atoms with E-state index in [2.05, 4.69) is 12.2 Å². The summed E-state index contributed by atoms with van der Waals surface area (Å²) in [7, 11) is 0. The van der Waals surface area contributed by atoms with Gasteiger partial charge in [-0.2, -0.15) is 0 Å². The lowest BCUT2D eigenvalue weighted by Gasteiger charge is -2.19. The minimum Gasteiger partial charge on any atom is -0.481 e. The average molecular weight is 286 g/mol. The van der Waals surface area contributed by atoms with Crippen LogP contribution in [-0.2, 0) is 9.59 Å². The summed E-state index contributed by atoms with van der Waals surface area (Å²) in [6.07, 6.45) is 4.61. The number of rotatable bonds is 11. The Morgan fingerprint density at radius 1 is 1.20 bits per heavy atom. The predicted octanol–water partition coefficient (Wildman–Crippen LogP) is 2.15. The highest BCUT2D eigenvalue weighted by Crippen LogP contribution is 2.17. The topological polar surface area (TPSA) is 92.4 Å². The van der Waals surface area contributed by atoms with Crippen molar-refractivity contribution in [3.8, 4) is 0 Å². The molecule has 0 saturated carbocycles. The summed E-state index contributed by atoms with van der Waals surface area (Å²) in [5, 5.41) is 11.6. The first kappa shape index (κ1) is 18.9. The molecular formula is C15H30N2O3. The molecule has 0 aromatic carbocycles. The van der Waals surface area contributed by atoms with Gasteiger partial charge in [0, 0.05) is 13.0 Å². The van der Waals surface area contributed by atoms with Gasteiger partial charge in [0.25, 0.3) is 0 Å². The Labute approximate surface area is 122 Å². The minimum atomic E-state index is -0.756. The van der Waals surface area contributed by atoms with Crippen molar-refractivity contribution in [3.05, 3.63) is 0 Å². The molecule has 3 unspecified atom stereocenters. The monoisotopic (exact) mass is 286 g/mol. The normalized spacial score (nSPS) is 15.4. The Balaban J connectivity index is 4.03. The maximum atomic E-state index is 11.8. The second-order valence-electron chi connectivity index (χ2n) is 5.58. The molecule has 0 saturated heterocycles. The fraction of sp³-hybridized carbons (Fsp3) is 0.867. The van der Waals surface area contributed by atoms with Crippen LogP contribution < -0.4 is 11.1 Å². The van der Waals surface area contributed by atoms with Crippen molar-refractivity contribution < 1.29 is 14.7 Å². The zero-order valence-corrected chi connectivity index (χ0v) is 13.0. The Morgan fingerprint density at radius 3 is 2.35 bits per heavy atom. The zero-order chi connectivity index (χ0) is 15.5. The van der Waals surface area contributed by atoms with Crippen LogP contribution in [0.1, 0.15) is 59.3 Å². The number of hydrogen-bond donors (Lipinski definition) is 3. The lowest BCUT2D eigenvalue weighted by molar-refractivity contribution is -0.137. The molecule has 0 aliphatic carbocycles. The molecule has 118 valence electrons. The van der Waals surface area contributed by atoms with Gasteiger partial charge < -0.3 is 16.2 Å². The van der Waals surface area contributed by atoms with E-state index in [1.165, 1.54) is 0 Å². The molecule has 5 nitrogen and oxygen atoms in total. The Hall–Kier alpha value is -1.10. The van der Waals surface area contributed by atoms with Crippen LogP contribution in [0.2, 0.25) is 0 Å². The molecule has 0 rings (SSSR count). The smallest absolute Gasteiger partial charge is 0.303 e. The van der Waals surface area contributed by atoms with Gasteiger partial charge in [0.2, 0.25) is 5.91 Å². The Bertz CT molecular complexity index is 295. The third-order valence-electron chi connectivity index (χ3n) is 3.87. The van der Waals surface area contributed by atoms with Crippen molar-refractivity contribution in [2.45, 2.75) is 65.3 Å². The highest BCUT2D eigenvalue weighted by Gasteiger charge is 2.19. The first-order valence-corrected chi connectivity index (χ1v) is 7.67. The van der Waals surface area contributed by atoms with Crippen LogP contribution in [0.25, 0.3) is 0 Å². The molecule has 4 N–H and O–H groups in total. The van der Waals surface area contributed by atoms with Crippen LogP contribution >= 0.6 is 0 Å². The van der Waals surface area contributed by atoms with E-state index < -0.39 is 12.0 Å². The molecule has 3 atom stereocenters. The Morgan fingerprint density at radius 2 is 1.85 bits per heavy atom. The van der Waals surface area contributed by atoms with Crippen LogP contribution in [0.4, 0.5) is 0 Å². The van der Waals surface area contributed by atoms with E-state index in [9.17, 15) is 9.59 Å². The van der Waals surface area contributed by atoms with Crippen molar-refractivity contribution in [1.29, 1.82) is 0 Å². The van der Waals surface area contributed by atoms with Gasteiger partial charge in [-0.05, 0) is 24.7 Å². The number of carboxylic acids is 1. The van der Waals surface area contributed by atoms with Gasteiger partial charge in [0.05, 0.1) is 6.04 Å². The van der Waals surface area contributed by atoms with Crippen molar-refractivity contribution in [2.75, 3.05) is 6.54 Å². The fourth-order valence-corrected chi connectivity index (χ4v) is 2.20. The van der Waals surface area contributed by atoms with Crippen LogP contribution in [0.5, 0.6) is 0 Å². The van der Waals surface area contributed by atoms with E-state index in [0.29, 0.717) is 18.9 Å². The third-order valence-corrected chi connectivity index (χ3v) is 3.87. The highest BCUT2D eigenvalue weighted by atomic mass is 16.4. The molecule has 20 heavy (non-hydrogen) atoms. The number of carbonyl (C=O) groups is 2. The van der Waals surface area contributed by atoms with E-state index in [1.807, 2.05) is 13.8 Å². The lowest BCUT2D eigenvalue weighted by atomic mass is 9.94. The summed E-state index contributed by atoms with van der Waals surface area (Å²) in [5.41, 5.74) is 5.86. The number of nitrogens with one attached hydrogen (secondary N) is 1. The quantitative estimate of drug-likeness (QED) is 0.542. The molecule has 0 aromatic heterocycles. The summed E-state index contributed by atoms with van der Waals surface area (Å²) in [5.74, 6) is -0.327. The first-order valence-electron chi connectivity index (χ1n) is 7.67. The van der Waals surface area contributed by atoms with Crippen LogP contribution in [0.15, 0.2) is 0 Å². The number of amides is 1. The second-order valence-corrected chi connectivity index (χ2v) is 5.58. The number of hydrogen-bond acceptors (Lipinski definition) is 3. The van der Waals surface area contributed by atoms with E-state index >= 15 is 0 Å². The van der Waals surface area contributed by atoms with E-state index in [0.717, 1.165) is 25.7 Å². The molecular weight excluding hydrogens is 256 g/mol. The van der Waals surface area contributed by atoms with Gasteiger partial charge in [0.1, 0.15) is 0 Å². The van der Waals surface area contributed by atoms with E-state index in [4.69, 9.17) is 10.8 Å². The highest BCUT2D eigenvalue weighted by molar-refractivity contribution is 5.81. The van der Waals surface area contributed by atoms with Gasteiger partial charge in [-0.25, -0.2) is 0 Å². The van der Waals surface area contributed by atoms with Crippen molar-refractivity contribution in [2.24, 2.45) is 17.6 Å². The van der Waals surface area contributed by atoms with Gasteiger partial charge in [-0.3, -0.25) is 9.59 Å². The summed E-state index contributed by atoms with van der Waals surface area (Å²) in [6.45, 7) is 6.65. The van der Waals surface area contributed by atoms with E-state index in [-0.39, 0.29) is 18.2 Å². The molecule has 5 heteroatoms. The maximum absolute atomic E-state index is 11.8. The summed E-state index contributed by atoms with van der Waals surface area (Å²) < 4.78 is 0. The molecule has 0 aromatic rings. The first-order chi connectivity index (χ1) is 9.42. The number of carboxylic acid groups (broad SMARTS) is 1. The number of aliphatic carboxylic acids is 1. The Kier molecular flexibility index (Phi) is 10.1. The van der Waals surface area contributed by atoms with Gasteiger partial charge >= 0.3 is 5.97 Å². The summed E-state index contributed by atoms with van der Waals surface area (Å²) >= 11 is 0. The minimum absolute atomic E-state index is 0.104. The van der Waals surface area contributed by atoms with Gasteiger partial charge in [0.15, 0.2) is 0 Å². The molecule has 0 bridgehead atoms. The third kappa shape index (κ3) is 8.15. The molecule has 0 spiro atoms. The van der Waals surface area contributed by atoms with Crippen molar-refractivity contribution in [1.82, 2.24) is 5.32 Å². The maximum Gasteiger partial charge on any atom is 0.303 e. The molecule has 0 aliphatic heterocycles. The molecule has 0 aliphatic rings. The molecule has 0 fully saturated rings. The standard InChI is InChI=1S/C15H30N2O3/c1-4-6-12(7-8-13(18)19)9-10-17-15(20)14(16)11(3)5-2/h11-12,14H,4-10,16H2,1-3H3,(H,17,20)(H,18,19). The zero-order valence-electron chi connectivity index (χ0n) is 13.0. The predicted molar refractivity (Wildman–Crippen MR) is 80.3 cm³/mol. The van der Waals surface area contributed by atoms with Crippen LogP contribution in [0, 0.1) is 11.8 Å². The second kappa shape index (κ2) is 10.7. The fourth-order valence-electron chi connectivity index (χ4n) is 2.20. The number of carbonyl (C=O) groups excluding carboxylic acids is 1. The van der Waals surface area contributed by atoms with Gasteiger partial charge in [-0.1, -0.05) is 40.0 Å². The van der Waals surface area contributed by atoms with E-state index in [1.54, 1.807) is 0 Å². The molecule has 0 radical (unpaired) electrons. The van der Waals surface area contributed by atoms with Gasteiger partial charge in [-0.15, -0.1) is 0 Å².